The second kappa shape index (κ2) is 2.81. The number of hydrogen-bond acceptors (Lipinski definition) is 3. The fraction of sp³-hybridized carbons (Fsp3) is 0.500. The van der Waals surface area contributed by atoms with Crippen molar-refractivity contribution in [2.45, 2.75) is 13.2 Å². The molecule has 56 valence electrons. The molecule has 0 spiro atoms. The van der Waals surface area contributed by atoms with Crippen molar-refractivity contribution in [2.24, 2.45) is 0 Å². The van der Waals surface area contributed by atoms with Crippen molar-refractivity contribution in [1.29, 1.82) is 0 Å². The average Bonchev–Trinajstić information content (AvgIpc) is 2.34. The maximum absolute atomic E-state index is 9.07. The Morgan fingerprint density at radius 2 is 2.50 bits per heavy atom. The van der Waals surface area contributed by atoms with Crippen molar-refractivity contribution in [1.82, 2.24) is 9.55 Å². The molecule has 1 atom stereocenters. The van der Waals surface area contributed by atoms with Crippen LogP contribution in [0.5, 0.6) is 0 Å². The summed E-state index contributed by atoms with van der Waals surface area (Å²) in [6.07, 6.45) is 2.34. The number of rotatable bonds is 2. The number of aliphatic hydroxyl groups excluding tert-OH is 2. The Morgan fingerprint density at radius 1 is 1.80 bits per heavy atom. The lowest BCUT2D eigenvalue weighted by atomic mass is 10.5. The maximum Gasteiger partial charge on any atom is 0.154 e. The highest BCUT2D eigenvalue weighted by atomic mass is 16.3. The molecule has 10 heavy (non-hydrogen) atoms. The Bertz CT molecular complexity index is 209. The standard InChI is InChI=1S/C6H10N2O2/c1-5-7-2-3-8(5)6(10)4-9/h2-3,6,9-10H,4H2,1H3. The lowest BCUT2D eigenvalue weighted by Gasteiger charge is -2.09. The summed E-state index contributed by atoms with van der Waals surface area (Å²) in [5.74, 6) is 0.696. The molecule has 1 rings (SSSR count). The van der Waals surface area contributed by atoms with E-state index in [1.807, 2.05) is 0 Å². The van der Waals surface area contributed by atoms with E-state index in [0.29, 0.717) is 5.82 Å². The zero-order valence-electron chi connectivity index (χ0n) is 5.73. The van der Waals surface area contributed by atoms with Gasteiger partial charge in [-0.1, -0.05) is 0 Å². The van der Waals surface area contributed by atoms with Gasteiger partial charge in [0.2, 0.25) is 0 Å². The van der Waals surface area contributed by atoms with Gasteiger partial charge in [-0.05, 0) is 6.92 Å². The van der Waals surface area contributed by atoms with E-state index in [-0.39, 0.29) is 6.61 Å². The third-order valence-electron chi connectivity index (χ3n) is 1.35. The molecule has 0 aromatic carbocycles. The van der Waals surface area contributed by atoms with Crippen molar-refractivity contribution in [3.8, 4) is 0 Å². The van der Waals surface area contributed by atoms with Crippen molar-refractivity contribution in [3.63, 3.8) is 0 Å². The minimum atomic E-state index is -0.859. The fourth-order valence-electron chi connectivity index (χ4n) is 0.791. The number of nitrogens with zero attached hydrogens (tertiary/aromatic N) is 2. The lowest BCUT2D eigenvalue weighted by Crippen LogP contribution is -2.12. The van der Waals surface area contributed by atoms with E-state index in [2.05, 4.69) is 4.98 Å². The molecular formula is C6H10N2O2. The predicted octanol–water partition coefficient (Wildman–Crippen LogP) is -0.325. The van der Waals surface area contributed by atoms with Gasteiger partial charge < -0.3 is 14.8 Å². The summed E-state index contributed by atoms with van der Waals surface area (Å²) in [7, 11) is 0. The zero-order valence-corrected chi connectivity index (χ0v) is 5.73. The molecule has 1 aromatic heterocycles. The lowest BCUT2D eigenvalue weighted by molar-refractivity contribution is 0.0376. The Labute approximate surface area is 58.8 Å². The Hall–Kier alpha value is -0.870. The first-order valence-electron chi connectivity index (χ1n) is 3.04. The van der Waals surface area contributed by atoms with E-state index < -0.39 is 6.23 Å². The van der Waals surface area contributed by atoms with E-state index in [1.165, 1.54) is 4.57 Å². The van der Waals surface area contributed by atoms with E-state index in [9.17, 15) is 0 Å². The SMILES string of the molecule is Cc1nccn1C(O)CO. The molecule has 0 saturated carbocycles. The second-order valence-corrected chi connectivity index (χ2v) is 2.04. The number of aliphatic hydroxyl groups is 2. The van der Waals surface area contributed by atoms with Crippen LogP contribution in [0.25, 0.3) is 0 Å². The smallest absolute Gasteiger partial charge is 0.154 e. The summed E-state index contributed by atoms with van der Waals surface area (Å²) < 4.78 is 1.50. The van der Waals surface area contributed by atoms with Crippen LogP contribution in [0.4, 0.5) is 0 Å². The molecular weight excluding hydrogens is 132 g/mol. The molecule has 0 fully saturated rings. The minimum Gasteiger partial charge on any atom is -0.392 e. The molecule has 1 aromatic rings. The van der Waals surface area contributed by atoms with Gasteiger partial charge in [-0.25, -0.2) is 4.98 Å². The largest absolute Gasteiger partial charge is 0.392 e. The molecule has 2 N–H and O–H groups in total. The van der Waals surface area contributed by atoms with Gasteiger partial charge in [0, 0.05) is 12.4 Å². The normalized spacial score (nSPS) is 13.5. The van der Waals surface area contributed by atoms with Gasteiger partial charge in [-0.2, -0.15) is 0 Å². The highest BCUT2D eigenvalue weighted by Crippen LogP contribution is 2.03. The number of aromatic nitrogens is 2. The van der Waals surface area contributed by atoms with E-state index in [4.69, 9.17) is 10.2 Å². The maximum atomic E-state index is 9.07. The van der Waals surface area contributed by atoms with Crippen LogP contribution in [-0.4, -0.2) is 26.4 Å². The van der Waals surface area contributed by atoms with E-state index >= 15 is 0 Å². The average molecular weight is 142 g/mol. The summed E-state index contributed by atoms with van der Waals surface area (Å²) in [6, 6.07) is 0. The highest BCUT2D eigenvalue weighted by molar-refractivity contribution is 4.89. The Morgan fingerprint density at radius 3 is 2.90 bits per heavy atom. The van der Waals surface area contributed by atoms with Gasteiger partial charge in [0.1, 0.15) is 5.82 Å². The minimum absolute atomic E-state index is 0.281. The van der Waals surface area contributed by atoms with Gasteiger partial charge in [0.05, 0.1) is 6.61 Å². The van der Waals surface area contributed by atoms with Crippen LogP contribution >= 0.6 is 0 Å². The Balaban J connectivity index is 2.82. The van der Waals surface area contributed by atoms with Gasteiger partial charge in [-0.15, -0.1) is 0 Å². The topological polar surface area (TPSA) is 58.3 Å². The summed E-state index contributed by atoms with van der Waals surface area (Å²) in [4.78, 5) is 3.88. The molecule has 1 unspecified atom stereocenters. The van der Waals surface area contributed by atoms with Crippen LogP contribution < -0.4 is 0 Å². The van der Waals surface area contributed by atoms with Crippen molar-refractivity contribution in [2.75, 3.05) is 6.61 Å². The zero-order chi connectivity index (χ0) is 7.56. The van der Waals surface area contributed by atoms with Gasteiger partial charge in [-0.3, -0.25) is 0 Å². The molecule has 0 aliphatic carbocycles. The molecule has 4 heteroatoms. The third-order valence-corrected chi connectivity index (χ3v) is 1.35. The van der Waals surface area contributed by atoms with Crippen LogP contribution in [-0.2, 0) is 0 Å². The molecule has 0 radical (unpaired) electrons. The fourth-order valence-corrected chi connectivity index (χ4v) is 0.791. The summed E-state index contributed by atoms with van der Waals surface area (Å²) in [5.41, 5.74) is 0. The van der Waals surface area contributed by atoms with Crippen molar-refractivity contribution in [3.05, 3.63) is 18.2 Å². The predicted molar refractivity (Wildman–Crippen MR) is 35.3 cm³/mol. The van der Waals surface area contributed by atoms with Gasteiger partial charge in [0.25, 0.3) is 0 Å². The third kappa shape index (κ3) is 1.17. The van der Waals surface area contributed by atoms with E-state index in [1.54, 1.807) is 19.3 Å². The van der Waals surface area contributed by atoms with Crippen LogP contribution in [0.3, 0.4) is 0 Å². The first kappa shape index (κ1) is 7.24. The van der Waals surface area contributed by atoms with Gasteiger partial charge in [0.15, 0.2) is 6.23 Å². The molecule has 0 amide bonds. The number of hydrogen-bond donors (Lipinski definition) is 2. The van der Waals surface area contributed by atoms with E-state index in [0.717, 1.165) is 0 Å². The summed E-state index contributed by atoms with van der Waals surface area (Å²) in [5, 5.41) is 17.6. The molecule has 0 aliphatic heterocycles. The summed E-state index contributed by atoms with van der Waals surface area (Å²) >= 11 is 0. The van der Waals surface area contributed by atoms with Crippen LogP contribution in [0.1, 0.15) is 12.1 Å². The van der Waals surface area contributed by atoms with Crippen molar-refractivity contribution >= 4 is 0 Å². The first-order chi connectivity index (χ1) is 4.75. The molecule has 1 heterocycles. The molecule has 0 aliphatic rings. The number of imidazole rings is 1. The van der Waals surface area contributed by atoms with Crippen molar-refractivity contribution < 1.29 is 10.2 Å². The number of aryl methyl sites for hydroxylation is 1. The Kier molecular flexibility index (Phi) is 2.03. The molecule has 0 bridgehead atoms. The first-order valence-corrected chi connectivity index (χ1v) is 3.04. The summed E-state index contributed by atoms with van der Waals surface area (Å²) in [6.45, 7) is 1.48. The monoisotopic (exact) mass is 142 g/mol. The quantitative estimate of drug-likeness (QED) is 0.594. The second-order valence-electron chi connectivity index (χ2n) is 2.04. The van der Waals surface area contributed by atoms with Crippen LogP contribution in [0.15, 0.2) is 12.4 Å². The highest BCUT2D eigenvalue weighted by Gasteiger charge is 2.05. The molecule has 4 nitrogen and oxygen atoms in total. The molecule has 0 saturated heterocycles. The van der Waals surface area contributed by atoms with Crippen LogP contribution in [0.2, 0.25) is 0 Å². The van der Waals surface area contributed by atoms with Crippen LogP contribution in [0, 0.1) is 6.92 Å². The van der Waals surface area contributed by atoms with Gasteiger partial charge >= 0.3 is 0 Å².